The van der Waals surface area contributed by atoms with Crippen molar-refractivity contribution in [3.63, 3.8) is 0 Å². The molecule has 2 N–H and O–H groups in total. The van der Waals surface area contributed by atoms with Crippen LogP contribution in [0.1, 0.15) is 19.8 Å². The SMILES string of the molecule is CC1(CNCC(O)COc2c(Cl)cccc2Cl)CCCO1. The van der Waals surface area contributed by atoms with Gasteiger partial charge in [-0.3, -0.25) is 0 Å². The number of para-hydroxylation sites is 1. The molecule has 0 radical (unpaired) electrons. The van der Waals surface area contributed by atoms with Crippen molar-refractivity contribution in [2.75, 3.05) is 26.3 Å². The van der Waals surface area contributed by atoms with Crippen LogP contribution in [-0.2, 0) is 4.74 Å². The van der Waals surface area contributed by atoms with Crippen molar-refractivity contribution in [1.82, 2.24) is 5.32 Å². The van der Waals surface area contributed by atoms with Crippen molar-refractivity contribution >= 4 is 23.2 Å². The summed E-state index contributed by atoms with van der Waals surface area (Å²) in [6.07, 6.45) is 1.50. The number of aliphatic hydroxyl groups is 1. The Labute approximate surface area is 135 Å². The summed E-state index contributed by atoms with van der Waals surface area (Å²) in [6.45, 7) is 4.18. The van der Waals surface area contributed by atoms with Gasteiger partial charge in [-0.25, -0.2) is 0 Å². The van der Waals surface area contributed by atoms with Crippen molar-refractivity contribution in [2.24, 2.45) is 0 Å². The van der Waals surface area contributed by atoms with Gasteiger partial charge in [0.1, 0.15) is 12.7 Å². The first-order valence-electron chi connectivity index (χ1n) is 7.10. The number of halogens is 2. The minimum absolute atomic E-state index is 0.118. The molecule has 1 aliphatic rings. The molecule has 0 saturated carbocycles. The number of hydrogen-bond donors (Lipinski definition) is 2. The molecule has 1 saturated heterocycles. The van der Waals surface area contributed by atoms with Crippen LogP contribution in [0.25, 0.3) is 0 Å². The quantitative estimate of drug-likeness (QED) is 0.805. The molecule has 0 spiro atoms. The van der Waals surface area contributed by atoms with Crippen molar-refractivity contribution in [3.8, 4) is 5.75 Å². The monoisotopic (exact) mass is 333 g/mol. The van der Waals surface area contributed by atoms with Crippen LogP contribution in [0.5, 0.6) is 5.75 Å². The molecular formula is C15H21Cl2NO3. The van der Waals surface area contributed by atoms with Crippen molar-refractivity contribution in [1.29, 1.82) is 0 Å². The summed E-state index contributed by atoms with van der Waals surface area (Å²) in [5.41, 5.74) is -0.118. The first-order valence-corrected chi connectivity index (χ1v) is 7.85. The number of nitrogens with one attached hydrogen (secondary N) is 1. The first-order chi connectivity index (χ1) is 10.0. The Bertz CT molecular complexity index is 444. The summed E-state index contributed by atoms with van der Waals surface area (Å²) >= 11 is 12.0. The lowest BCUT2D eigenvalue weighted by atomic mass is 10.0. The summed E-state index contributed by atoms with van der Waals surface area (Å²) in [6, 6.07) is 5.15. The predicted octanol–water partition coefficient (Wildman–Crippen LogP) is 2.89. The highest BCUT2D eigenvalue weighted by Crippen LogP contribution is 2.32. The van der Waals surface area contributed by atoms with Gasteiger partial charge in [-0.2, -0.15) is 0 Å². The maximum atomic E-state index is 9.94. The average Bonchev–Trinajstić information content (AvgIpc) is 2.85. The van der Waals surface area contributed by atoms with Crippen molar-refractivity contribution < 1.29 is 14.6 Å². The summed E-state index contributed by atoms with van der Waals surface area (Å²) in [5, 5.41) is 14.0. The molecular weight excluding hydrogens is 313 g/mol. The van der Waals surface area contributed by atoms with Crippen LogP contribution in [0.2, 0.25) is 10.0 Å². The maximum absolute atomic E-state index is 9.94. The fraction of sp³-hybridized carbons (Fsp3) is 0.600. The fourth-order valence-corrected chi connectivity index (χ4v) is 2.84. The molecule has 118 valence electrons. The van der Waals surface area contributed by atoms with Gasteiger partial charge in [-0.1, -0.05) is 29.3 Å². The Morgan fingerprint density at radius 1 is 1.43 bits per heavy atom. The highest BCUT2D eigenvalue weighted by molar-refractivity contribution is 6.37. The summed E-state index contributed by atoms with van der Waals surface area (Å²) < 4.78 is 11.2. The molecule has 0 amide bonds. The third-order valence-corrected chi connectivity index (χ3v) is 4.11. The van der Waals surface area contributed by atoms with E-state index in [1.54, 1.807) is 18.2 Å². The van der Waals surface area contributed by atoms with E-state index in [4.69, 9.17) is 32.7 Å². The predicted molar refractivity (Wildman–Crippen MR) is 84.4 cm³/mol. The van der Waals surface area contributed by atoms with E-state index in [0.717, 1.165) is 26.0 Å². The molecule has 21 heavy (non-hydrogen) atoms. The average molecular weight is 334 g/mol. The smallest absolute Gasteiger partial charge is 0.156 e. The molecule has 2 rings (SSSR count). The topological polar surface area (TPSA) is 50.7 Å². The van der Waals surface area contributed by atoms with Crippen LogP contribution in [0.15, 0.2) is 18.2 Å². The number of benzene rings is 1. The Hall–Kier alpha value is -0.520. The Kier molecular flexibility index (Phi) is 6.14. The lowest BCUT2D eigenvalue weighted by Crippen LogP contribution is -2.41. The number of aliphatic hydroxyl groups excluding tert-OH is 1. The van der Waals surface area contributed by atoms with Crippen LogP contribution in [0.4, 0.5) is 0 Å². The standard InChI is InChI=1S/C15H21Cl2NO3/c1-15(6-3-7-21-15)10-18-8-11(19)9-20-14-12(16)4-2-5-13(14)17/h2,4-5,11,18-19H,3,6-10H2,1H3. The molecule has 1 fully saturated rings. The van der Waals surface area contributed by atoms with E-state index in [2.05, 4.69) is 12.2 Å². The van der Waals surface area contributed by atoms with Crippen LogP contribution in [0.3, 0.4) is 0 Å². The second-order valence-electron chi connectivity index (χ2n) is 5.55. The third-order valence-electron chi connectivity index (χ3n) is 3.52. The number of ether oxygens (including phenoxy) is 2. The van der Waals surface area contributed by atoms with Crippen LogP contribution < -0.4 is 10.1 Å². The summed E-state index contributed by atoms with van der Waals surface area (Å²) in [4.78, 5) is 0. The van der Waals surface area contributed by atoms with E-state index in [1.165, 1.54) is 0 Å². The molecule has 1 aromatic rings. The Balaban J connectivity index is 1.71. The van der Waals surface area contributed by atoms with Gasteiger partial charge in [0.2, 0.25) is 0 Å². The van der Waals surface area contributed by atoms with E-state index >= 15 is 0 Å². The Morgan fingerprint density at radius 3 is 2.76 bits per heavy atom. The van der Waals surface area contributed by atoms with Crippen LogP contribution in [0, 0.1) is 0 Å². The van der Waals surface area contributed by atoms with Crippen molar-refractivity contribution in [3.05, 3.63) is 28.2 Å². The van der Waals surface area contributed by atoms with Crippen molar-refractivity contribution in [2.45, 2.75) is 31.5 Å². The van der Waals surface area contributed by atoms with E-state index in [1.807, 2.05) is 0 Å². The zero-order valence-electron chi connectivity index (χ0n) is 12.1. The summed E-state index contributed by atoms with van der Waals surface area (Å²) in [7, 11) is 0. The molecule has 2 unspecified atom stereocenters. The maximum Gasteiger partial charge on any atom is 0.156 e. The molecule has 0 aliphatic carbocycles. The van der Waals surface area contributed by atoms with E-state index < -0.39 is 6.10 Å². The zero-order chi connectivity index (χ0) is 15.3. The second kappa shape index (κ2) is 7.65. The van der Waals surface area contributed by atoms with Gasteiger partial charge < -0.3 is 19.9 Å². The fourth-order valence-electron chi connectivity index (χ4n) is 2.34. The van der Waals surface area contributed by atoms with Gasteiger partial charge in [0.15, 0.2) is 5.75 Å². The first kappa shape index (κ1) is 16.8. The molecule has 0 aromatic heterocycles. The largest absolute Gasteiger partial charge is 0.488 e. The molecule has 1 aromatic carbocycles. The van der Waals surface area contributed by atoms with Crippen LogP contribution >= 0.6 is 23.2 Å². The van der Waals surface area contributed by atoms with Crippen LogP contribution in [-0.4, -0.2) is 43.1 Å². The van der Waals surface area contributed by atoms with Gasteiger partial charge in [-0.05, 0) is 31.9 Å². The second-order valence-corrected chi connectivity index (χ2v) is 6.36. The van der Waals surface area contributed by atoms with E-state index in [-0.39, 0.29) is 12.2 Å². The van der Waals surface area contributed by atoms with Gasteiger partial charge in [0.05, 0.1) is 15.6 Å². The van der Waals surface area contributed by atoms with E-state index in [9.17, 15) is 5.11 Å². The number of rotatable bonds is 7. The minimum atomic E-state index is -0.637. The minimum Gasteiger partial charge on any atom is -0.488 e. The van der Waals surface area contributed by atoms with E-state index in [0.29, 0.717) is 22.3 Å². The van der Waals surface area contributed by atoms with Gasteiger partial charge >= 0.3 is 0 Å². The molecule has 4 nitrogen and oxygen atoms in total. The zero-order valence-corrected chi connectivity index (χ0v) is 13.6. The number of hydrogen-bond acceptors (Lipinski definition) is 4. The molecule has 2 atom stereocenters. The van der Waals surface area contributed by atoms with Gasteiger partial charge in [0, 0.05) is 19.7 Å². The normalized spacial score (nSPS) is 23.2. The Morgan fingerprint density at radius 2 is 2.14 bits per heavy atom. The highest BCUT2D eigenvalue weighted by Gasteiger charge is 2.29. The third kappa shape index (κ3) is 5.01. The lowest BCUT2D eigenvalue weighted by Gasteiger charge is -2.24. The van der Waals surface area contributed by atoms with Gasteiger partial charge in [-0.15, -0.1) is 0 Å². The molecule has 1 aliphatic heterocycles. The molecule has 0 bridgehead atoms. The van der Waals surface area contributed by atoms with Gasteiger partial charge in [0.25, 0.3) is 0 Å². The molecule has 1 heterocycles. The lowest BCUT2D eigenvalue weighted by molar-refractivity contribution is 0.0170. The molecule has 6 heteroatoms. The summed E-state index contributed by atoms with van der Waals surface area (Å²) in [5.74, 6) is 0.408. The highest BCUT2D eigenvalue weighted by atomic mass is 35.5.